The lowest BCUT2D eigenvalue weighted by Gasteiger charge is -2.35. The third-order valence-electron chi connectivity index (χ3n) is 8.40. The standard InChI is InChI=1S/C30H39F5O3/c1-21-6-11-24(12-7-21)25-13-8-22(9-14-25)4-2-3-5-23-10-19-28(36-20-23)29(31,32)37-26-15-17-27(18-16-26)38-30(33,34)35/h2-3,6,15-18,22-25,28H,4-5,7-14,19-20H2,1H3/b3-2-. The molecule has 8 heteroatoms. The van der Waals surface area contributed by atoms with E-state index in [9.17, 15) is 22.0 Å². The summed E-state index contributed by atoms with van der Waals surface area (Å²) < 4.78 is 79.9. The van der Waals surface area contributed by atoms with Gasteiger partial charge in [0.25, 0.3) is 0 Å². The highest BCUT2D eigenvalue weighted by Crippen LogP contribution is 2.40. The zero-order chi connectivity index (χ0) is 27.2. The average molecular weight is 543 g/mol. The topological polar surface area (TPSA) is 27.7 Å². The molecule has 38 heavy (non-hydrogen) atoms. The molecule has 3 aliphatic rings. The van der Waals surface area contributed by atoms with Gasteiger partial charge in [0.15, 0.2) is 6.10 Å². The Morgan fingerprint density at radius 1 is 0.789 bits per heavy atom. The molecule has 2 fully saturated rings. The number of ether oxygens (including phenoxy) is 3. The van der Waals surface area contributed by atoms with E-state index in [1.54, 1.807) is 5.57 Å². The first-order chi connectivity index (χ1) is 18.1. The zero-order valence-corrected chi connectivity index (χ0v) is 22.0. The van der Waals surface area contributed by atoms with Crippen LogP contribution in [-0.2, 0) is 4.74 Å². The minimum Gasteiger partial charge on any atom is -0.431 e. The summed E-state index contributed by atoms with van der Waals surface area (Å²) in [5.41, 5.74) is 1.55. The van der Waals surface area contributed by atoms with Crippen LogP contribution in [0.3, 0.4) is 0 Å². The molecule has 1 aromatic carbocycles. The van der Waals surface area contributed by atoms with Gasteiger partial charge in [0, 0.05) is 0 Å². The van der Waals surface area contributed by atoms with Crippen LogP contribution in [-0.4, -0.2) is 25.2 Å². The number of allylic oxidation sites excluding steroid dienone is 4. The molecule has 0 N–H and O–H groups in total. The summed E-state index contributed by atoms with van der Waals surface area (Å²) in [4.78, 5) is 0. The highest BCUT2D eigenvalue weighted by molar-refractivity contribution is 5.31. The number of hydrogen-bond donors (Lipinski definition) is 0. The summed E-state index contributed by atoms with van der Waals surface area (Å²) in [5, 5.41) is 0. The Labute approximate surface area is 222 Å². The third-order valence-corrected chi connectivity index (χ3v) is 8.40. The Morgan fingerprint density at radius 2 is 1.39 bits per heavy atom. The maximum absolute atomic E-state index is 14.6. The van der Waals surface area contributed by atoms with Crippen LogP contribution < -0.4 is 9.47 Å². The van der Waals surface area contributed by atoms with Crippen LogP contribution in [0.5, 0.6) is 11.5 Å². The monoisotopic (exact) mass is 542 g/mol. The Hall–Kier alpha value is -2.09. The van der Waals surface area contributed by atoms with Crippen LogP contribution in [0.15, 0.2) is 48.1 Å². The van der Waals surface area contributed by atoms with Gasteiger partial charge in [0.2, 0.25) is 0 Å². The quantitative estimate of drug-likeness (QED) is 0.230. The molecule has 0 aromatic heterocycles. The molecule has 0 radical (unpaired) electrons. The van der Waals surface area contributed by atoms with E-state index < -0.39 is 24.3 Å². The van der Waals surface area contributed by atoms with E-state index in [4.69, 9.17) is 9.47 Å². The lowest BCUT2D eigenvalue weighted by Crippen LogP contribution is -2.44. The first kappa shape index (κ1) is 28.9. The lowest BCUT2D eigenvalue weighted by atomic mass is 9.71. The van der Waals surface area contributed by atoms with E-state index in [2.05, 4.69) is 29.9 Å². The molecule has 1 aromatic rings. The van der Waals surface area contributed by atoms with Gasteiger partial charge in [0.1, 0.15) is 11.5 Å². The van der Waals surface area contributed by atoms with Crippen LogP contribution in [0.1, 0.15) is 77.6 Å². The fourth-order valence-corrected chi connectivity index (χ4v) is 6.08. The molecule has 1 aliphatic heterocycles. The van der Waals surface area contributed by atoms with Gasteiger partial charge >= 0.3 is 12.5 Å². The summed E-state index contributed by atoms with van der Waals surface area (Å²) in [7, 11) is 0. The van der Waals surface area contributed by atoms with Gasteiger partial charge in [-0.25, -0.2) is 0 Å². The van der Waals surface area contributed by atoms with Crippen molar-refractivity contribution in [1.82, 2.24) is 0 Å². The van der Waals surface area contributed by atoms with E-state index in [-0.39, 0.29) is 24.7 Å². The molecule has 3 unspecified atom stereocenters. The van der Waals surface area contributed by atoms with Crippen molar-refractivity contribution in [3.8, 4) is 11.5 Å². The first-order valence-electron chi connectivity index (χ1n) is 13.9. The second-order valence-electron chi connectivity index (χ2n) is 11.3. The third kappa shape index (κ3) is 8.72. The predicted octanol–water partition coefficient (Wildman–Crippen LogP) is 9.24. The van der Waals surface area contributed by atoms with Crippen molar-refractivity contribution >= 4 is 0 Å². The lowest BCUT2D eigenvalue weighted by molar-refractivity contribution is -0.274. The Morgan fingerprint density at radius 3 is 1.95 bits per heavy atom. The predicted molar refractivity (Wildman–Crippen MR) is 136 cm³/mol. The maximum atomic E-state index is 14.6. The van der Waals surface area contributed by atoms with Crippen LogP contribution in [0, 0.1) is 23.7 Å². The fourth-order valence-electron chi connectivity index (χ4n) is 6.08. The Kier molecular flexibility index (Phi) is 9.77. The summed E-state index contributed by atoms with van der Waals surface area (Å²) >= 11 is 0. The number of hydrogen-bond acceptors (Lipinski definition) is 3. The molecule has 0 amide bonds. The molecule has 1 saturated carbocycles. The average Bonchev–Trinajstić information content (AvgIpc) is 2.88. The van der Waals surface area contributed by atoms with E-state index >= 15 is 0 Å². The van der Waals surface area contributed by atoms with E-state index in [1.165, 1.54) is 44.9 Å². The summed E-state index contributed by atoms with van der Waals surface area (Å²) in [5.74, 6) is 1.95. The molecule has 2 aliphatic carbocycles. The number of halogens is 5. The zero-order valence-electron chi connectivity index (χ0n) is 22.0. The van der Waals surface area contributed by atoms with Gasteiger partial charge in [-0.2, -0.15) is 8.78 Å². The number of benzene rings is 1. The number of alkyl halides is 5. The van der Waals surface area contributed by atoms with Crippen molar-refractivity contribution in [1.29, 1.82) is 0 Å². The van der Waals surface area contributed by atoms with E-state index in [1.807, 2.05) is 0 Å². The molecule has 1 saturated heterocycles. The van der Waals surface area contributed by atoms with Crippen molar-refractivity contribution in [2.24, 2.45) is 23.7 Å². The van der Waals surface area contributed by atoms with E-state index in [0.717, 1.165) is 54.9 Å². The van der Waals surface area contributed by atoms with Gasteiger partial charge in [-0.05, 0) is 125 Å². The van der Waals surface area contributed by atoms with Gasteiger partial charge in [-0.3, -0.25) is 0 Å². The molecule has 0 bridgehead atoms. The van der Waals surface area contributed by atoms with Crippen LogP contribution in [0.2, 0.25) is 0 Å². The van der Waals surface area contributed by atoms with Crippen LogP contribution in [0.4, 0.5) is 22.0 Å². The summed E-state index contributed by atoms with van der Waals surface area (Å²) in [6.45, 7) is 2.47. The molecule has 0 spiro atoms. The van der Waals surface area contributed by atoms with Gasteiger partial charge in [-0.1, -0.05) is 23.8 Å². The molecule has 212 valence electrons. The van der Waals surface area contributed by atoms with Crippen molar-refractivity contribution in [3.05, 3.63) is 48.1 Å². The largest absolute Gasteiger partial charge is 0.573 e. The molecule has 1 heterocycles. The van der Waals surface area contributed by atoms with Gasteiger partial charge in [0.05, 0.1) is 6.61 Å². The highest BCUT2D eigenvalue weighted by atomic mass is 19.4. The summed E-state index contributed by atoms with van der Waals surface area (Å²) in [6, 6.07) is 3.91. The molecule has 4 rings (SSSR count). The number of rotatable bonds is 9. The van der Waals surface area contributed by atoms with Gasteiger partial charge < -0.3 is 14.2 Å². The van der Waals surface area contributed by atoms with Crippen molar-refractivity contribution in [3.63, 3.8) is 0 Å². The normalized spacial score (nSPS) is 29.2. The van der Waals surface area contributed by atoms with Crippen LogP contribution in [0.25, 0.3) is 0 Å². The Balaban J connectivity index is 1.12. The van der Waals surface area contributed by atoms with Crippen LogP contribution >= 0.6 is 0 Å². The molecule has 3 atom stereocenters. The molecule has 3 nitrogen and oxygen atoms in total. The van der Waals surface area contributed by atoms with Crippen molar-refractivity contribution < 1.29 is 36.2 Å². The SMILES string of the molecule is CC1=CCC(C2CCC(C/C=C\CC3CCC(C(F)(F)Oc4ccc(OC(F)(F)F)cc4)OC3)CC2)CC1. The highest BCUT2D eigenvalue weighted by Gasteiger charge is 2.45. The molecular formula is C30H39F5O3. The smallest absolute Gasteiger partial charge is 0.431 e. The second kappa shape index (κ2) is 12.8. The van der Waals surface area contributed by atoms with Crippen molar-refractivity contribution in [2.45, 2.75) is 96.1 Å². The Bertz CT molecular complexity index is 924. The van der Waals surface area contributed by atoms with E-state index in [0.29, 0.717) is 6.42 Å². The minimum atomic E-state index is -4.85. The fraction of sp³-hybridized carbons (Fsp3) is 0.667. The molecular weight excluding hydrogens is 503 g/mol. The van der Waals surface area contributed by atoms with Gasteiger partial charge in [-0.15, -0.1) is 13.2 Å². The maximum Gasteiger partial charge on any atom is 0.573 e. The van der Waals surface area contributed by atoms with Crippen molar-refractivity contribution in [2.75, 3.05) is 6.61 Å². The first-order valence-corrected chi connectivity index (χ1v) is 13.9. The second-order valence-corrected chi connectivity index (χ2v) is 11.3. The minimum absolute atomic E-state index is 0.153. The summed E-state index contributed by atoms with van der Waals surface area (Å²) in [6.07, 6.45) is 8.87.